The van der Waals surface area contributed by atoms with E-state index in [4.69, 9.17) is 5.26 Å². The molecule has 0 spiro atoms. The molecular formula is C10H16N2O3S. The van der Waals surface area contributed by atoms with E-state index in [1.54, 1.807) is 14.0 Å². The second kappa shape index (κ2) is 4.83. The zero-order valence-electron chi connectivity index (χ0n) is 9.51. The van der Waals surface area contributed by atoms with Crippen LogP contribution >= 0.6 is 0 Å². The Morgan fingerprint density at radius 1 is 1.62 bits per heavy atom. The van der Waals surface area contributed by atoms with Crippen LogP contribution in [0.3, 0.4) is 0 Å². The minimum absolute atomic E-state index is 0.0249. The van der Waals surface area contributed by atoms with Crippen molar-refractivity contribution in [3.63, 3.8) is 0 Å². The van der Waals surface area contributed by atoms with E-state index >= 15 is 0 Å². The van der Waals surface area contributed by atoms with Gasteiger partial charge in [0.15, 0.2) is 9.84 Å². The van der Waals surface area contributed by atoms with E-state index in [0.29, 0.717) is 12.8 Å². The van der Waals surface area contributed by atoms with Crippen molar-refractivity contribution in [2.24, 2.45) is 5.92 Å². The Labute approximate surface area is 96.0 Å². The van der Waals surface area contributed by atoms with E-state index in [1.165, 1.54) is 4.90 Å². The van der Waals surface area contributed by atoms with Crippen molar-refractivity contribution in [2.75, 3.05) is 18.6 Å². The van der Waals surface area contributed by atoms with Crippen LogP contribution in [-0.4, -0.2) is 43.8 Å². The van der Waals surface area contributed by atoms with E-state index < -0.39 is 15.8 Å². The molecule has 0 aromatic heterocycles. The lowest BCUT2D eigenvalue weighted by molar-refractivity contribution is -0.134. The van der Waals surface area contributed by atoms with E-state index in [1.807, 2.05) is 6.07 Å². The van der Waals surface area contributed by atoms with Crippen LogP contribution in [0.5, 0.6) is 0 Å². The molecule has 90 valence electrons. The summed E-state index contributed by atoms with van der Waals surface area (Å²) in [4.78, 5) is 13.2. The Hall–Kier alpha value is -1.09. The first-order chi connectivity index (χ1) is 7.41. The van der Waals surface area contributed by atoms with Gasteiger partial charge in [0.1, 0.15) is 5.92 Å². The summed E-state index contributed by atoms with van der Waals surface area (Å²) in [6.07, 6.45) is 0.936. The van der Waals surface area contributed by atoms with Gasteiger partial charge in [0, 0.05) is 13.1 Å². The number of nitriles is 1. The van der Waals surface area contributed by atoms with Crippen molar-refractivity contribution in [3.05, 3.63) is 0 Å². The van der Waals surface area contributed by atoms with Crippen molar-refractivity contribution in [1.29, 1.82) is 5.26 Å². The van der Waals surface area contributed by atoms with Gasteiger partial charge in [-0.25, -0.2) is 8.42 Å². The minimum atomic E-state index is -2.99. The van der Waals surface area contributed by atoms with Crippen LogP contribution in [0.2, 0.25) is 0 Å². The van der Waals surface area contributed by atoms with E-state index in [-0.39, 0.29) is 23.5 Å². The van der Waals surface area contributed by atoms with Crippen molar-refractivity contribution in [2.45, 2.75) is 25.8 Å². The van der Waals surface area contributed by atoms with Gasteiger partial charge in [-0.1, -0.05) is 6.92 Å². The van der Waals surface area contributed by atoms with Gasteiger partial charge < -0.3 is 4.90 Å². The third-order valence-corrected chi connectivity index (χ3v) is 4.72. The number of hydrogen-bond acceptors (Lipinski definition) is 4. The summed E-state index contributed by atoms with van der Waals surface area (Å²) >= 11 is 0. The fraction of sp³-hybridized carbons (Fsp3) is 0.800. The summed E-state index contributed by atoms with van der Waals surface area (Å²) in [6, 6.07) is 1.67. The molecule has 1 amide bonds. The van der Waals surface area contributed by atoms with Crippen LogP contribution in [0.25, 0.3) is 0 Å². The monoisotopic (exact) mass is 244 g/mol. The highest BCUT2D eigenvalue weighted by molar-refractivity contribution is 7.91. The molecule has 0 saturated carbocycles. The molecule has 1 heterocycles. The van der Waals surface area contributed by atoms with Crippen LogP contribution in [0.4, 0.5) is 0 Å². The molecule has 0 radical (unpaired) electrons. The first-order valence-corrected chi connectivity index (χ1v) is 7.10. The molecule has 0 N–H and O–H groups in total. The first kappa shape index (κ1) is 13.0. The summed E-state index contributed by atoms with van der Waals surface area (Å²) in [5.41, 5.74) is 0. The molecular weight excluding hydrogens is 228 g/mol. The lowest BCUT2D eigenvalue weighted by Gasteiger charge is -2.25. The van der Waals surface area contributed by atoms with Gasteiger partial charge in [-0.05, 0) is 12.8 Å². The summed E-state index contributed by atoms with van der Waals surface area (Å²) < 4.78 is 22.5. The summed E-state index contributed by atoms with van der Waals surface area (Å²) in [7, 11) is -1.41. The van der Waals surface area contributed by atoms with Gasteiger partial charge in [-0.2, -0.15) is 5.26 Å². The SMILES string of the molecule is CCC(C#N)C(=O)N(C)C1CCS(=O)(=O)C1. The summed E-state index contributed by atoms with van der Waals surface area (Å²) in [5.74, 6) is -0.768. The van der Waals surface area contributed by atoms with Crippen LogP contribution in [0, 0.1) is 17.2 Å². The predicted octanol–water partition coefficient (Wildman–Crippen LogP) is 0.182. The molecule has 1 aliphatic rings. The number of rotatable bonds is 3. The van der Waals surface area contributed by atoms with E-state index in [0.717, 1.165) is 0 Å². The van der Waals surface area contributed by atoms with Gasteiger partial charge in [0.2, 0.25) is 5.91 Å². The Bertz CT molecular complexity index is 410. The lowest BCUT2D eigenvalue weighted by atomic mass is 10.1. The first-order valence-electron chi connectivity index (χ1n) is 5.28. The minimum Gasteiger partial charge on any atom is -0.341 e. The molecule has 16 heavy (non-hydrogen) atoms. The number of carbonyl (C=O) groups excluding carboxylic acids is 1. The quantitative estimate of drug-likeness (QED) is 0.709. The molecule has 2 atom stereocenters. The molecule has 6 heteroatoms. The Balaban J connectivity index is 2.69. The number of carbonyl (C=O) groups is 1. The molecule has 1 saturated heterocycles. The third kappa shape index (κ3) is 2.73. The molecule has 0 aromatic carbocycles. The average Bonchev–Trinajstić information content (AvgIpc) is 2.59. The third-order valence-electron chi connectivity index (χ3n) is 2.97. The molecule has 1 aliphatic heterocycles. The fourth-order valence-electron chi connectivity index (χ4n) is 1.83. The Kier molecular flexibility index (Phi) is 3.92. The maximum absolute atomic E-state index is 11.8. The van der Waals surface area contributed by atoms with Crippen molar-refractivity contribution >= 4 is 15.7 Å². The second-order valence-electron chi connectivity index (χ2n) is 4.10. The molecule has 0 aromatic rings. The van der Waals surface area contributed by atoms with Gasteiger partial charge in [-0.3, -0.25) is 4.79 Å². The normalized spacial score (nSPS) is 24.7. The number of nitrogens with zero attached hydrogens (tertiary/aromatic N) is 2. The number of hydrogen-bond donors (Lipinski definition) is 0. The van der Waals surface area contributed by atoms with Gasteiger partial charge in [-0.15, -0.1) is 0 Å². The topological polar surface area (TPSA) is 78.2 Å². The maximum atomic E-state index is 11.8. The maximum Gasteiger partial charge on any atom is 0.239 e. The van der Waals surface area contributed by atoms with Crippen LogP contribution in [0.1, 0.15) is 19.8 Å². The Morgan fingerprint density at radius 3 is 2.62 bits per heavy atom. The molecule has 0 bridgehead atoms. The average molecular weight is 244 g/mol. The molecule has 1 fully saturated rings. The number of amides is 1. The Morgan fingerprint density at radius 2 is 2.25 bits per heavy atom. The molecule has 0 aliphatic carbocycles. The highest BCUT2D eigenvalue weighted by atomic mass is 32.2. The van der Waals surface area contributed by atoms with Crippen molar-refractivity contribution < 1.29 is 13.2 Å². The lowest BCUT2D eigenvalue weighted by Crippen LogP contribution is -2.41. The van der Waals surface area contributed by atoms with E-state index in [2.05, 4.69) is 0 Å². The largest absolute Gasteiger partial charge is 0.341 e. The standard InChI is InChI=1S/C10H16N2O3S/c1-3-8(6-11)10(13)12(2)9-4-5-16(14,15)7-9/h8-9H,3-5,7H2,1-2H3. The summed E-state index contributed by atoms with van der Waals surface area (Å²) in [5, 5.41) is 8.78. The van der Waals surface area contributed by atoms with Gasteiger partial charge in [0.25, 0.3) is 0 Å². The zero-order chi connectivity index (χ0) is 12.3. The van der Waals surface area contributed by atoms with Crippen LogP contribution in [0.15, 0.2) is 0 Å². The van der Waals surface area contributed by atoms with Crippen molar-refractivity contribution in [1.82, 2.24) is 4.90 Å². The molecule has 1 rings (SSSR count). The smallest absolute Gasteiger partial charge is 0.239 e. The number of sulfone groups is 1. The second-order valence-corrected chi connectivity index (χ2v) is 6.32. The highest BCUT2D eigenvalue weighted by Gasteiger charge is 2.34. The van der Waals surface area contributed by atoms with Crippen LogP contribution < -0.4 is 0 Å². The van der Waals surface area contributed by atoms with Crippen molar-refractivity contribution in [3.8, 4) is 6.07 Å². The summed E-state index contributed by atoms with van der Waals surface area (Å²) in [6.45, 7) is 1.77. The fourth-order valence-corrected chi connectivity index (χ4v) is 3.60. The van der Waals surface area contributed by atoms with Gasteiger partial charge >= 0.3 is 0 Å². The van der Waals surface area contributed by atoms with Crippen LogP contribution in [-0.2, 0) is 14.6 Å². The van der Waals surface area contributed by atoms with Gasteiger partial charge in [0.05, 0.1) is 17.6 Å². The van der Waals surface area contributed by atoms with E-state index in [9.17, 15) is 13.2 Å². The molecule has 2 unspecified atom stereocenters. The molecule has 5 nitrogen and oxygen atoms in total. The highest BCUT2D eigenvalue weighted by Crippen LogP contribution is 2.18. The predicted molar refractivity (Wildman–Crippen MR) is 59.2 cm³/mol. The zero-order valence-corrected chi connectivity index (χ0v) is 10.3.